The summed E-state index contributed by atoms with van der Waals surface area (Å²) in [5.41, 5.74) is 3.86. The summed E-state index contributed by atoms with van der Waals surface area (Å²) in [6.45, 7) is 10.8. The zero-order valence-corrected chi connectivity index (χ0v) is 24.9. The molecule has 2 atom stereocenters. The van der Waals surface area contributed by atoms with Gasteiger partial charge in [-0.15, -0.1) is 11.8 Å². The molecule has 7 nitrogen and oxygen atoms in total. The number of benzene rings is 2. The smallest absolute Gasteiger partial charge is 0.240 e. The largest absolute Gasteiger partial charge is 0.376 e. The van der Waals surface area contributed by atoms with E-state index in [0.717, 1.165) is 35.7 Å². The molecule has 2 aromatic carbocycles. The maximum Gasteiger partial charge on any atom is 0.240 e. The number of ether oxygens (including phenoxy) is 1. The highest BCUT2D eigenvalue weighted by Gasteiger charge is 2.41. The Balaban J connectivity index is 1.70. The average Bonchev–Trinajstić information content (AvgIpc) is 3.54. The van der Waals surface area contributed by atoms with Crippen molar-refractivity contribution in [2.45, 2.75) is 64.2 Å². The average molecular weight is 583 g/mol. The number of aromatic nitrogens is 2. The van der Waals surface area contributed by atoms with Gasteiger partial charge in [0.2, 0.25) is 11.8 Å². The maximum atomic E-state index is 15.3. The number of rotatable bonds is 6. The number of halogens is 2. The van der Waals surface area contributed by atoms with Gasteiger partial charge in [-0.25, -0.2) is 13.5 Å². The summed E-state index contributed by atoms with van der Waals surface area (Å²) < 4.78 is 36.6. The molecule has 2 aliphatic rings. The Morgan fingerprint density at radius 1 is 1.20 bits per heavy atom. The Hall–Kier alpha value is -3.24. The van der Waals surface area contributed by atoms with Gasteiger partial charge in [-0.1, -0.05) is 39.0 Å². The predicted octanol–water partition coefficient (Wildman–Crippen LogP) is 5.53. The molecule has 0 aliphatic carbocycles. The Bertz CT molecular complexity index is 1480. The van der Waals surface area contributed by atoms with Crippen LogP contribution in [0.5, 0.6) is 0 Å². The van der Waals surface area contributed by atoms with Crippen LogP contribution in [0.3, 0.4) is 0 Å². The Morgan fingerprint density at radius 3 is 2.66 bits per heavy atom. The van der Waals surface area contributed by atoms with E-state index in [1.54, 1.807) is 4.68 Å². The van der Waals surface area contributed by atoms with Crippen molar-refractivity contribution in [1.29, 1.82) is 0 Å². The lowest BCUT2D eigenvalue weighted by atomic mass is 9.87. The van der Waals surface area contributed by atoms with Gasteiger partial charge in [0.1, 0.15) is 24.0 Å². The van der Waals surface area contributed by atoms with Crippen LogP contribution < -0.4 is 10.2 Å². The van der Waals surface area contributed by atoms with E-state index < -0.39 is 22.3 Å². The molecular weight excluding hydrogens is 546 g/mol. The molecule has 3 heterocycles. The summed E-state index contributed by atoms with van der Waals surface area (Å²) in [6, 6.07) is 9.37. The number of nitrogens with zero attached hydrogens (tertiary/aromatic N) is 3. The lowest BCUT2D eigenvalue weighted by Crippen LogP contribution is -2.44. The number of thioether (sulfide) groups is 1. The number of hydrogen-bond acceptors (Lipinski definition) is 5. The summed E-state index contributed by atoms with van der Waals surface area (Å²) in [5.74, 6) is -1.54. The Labute approximate surface area is 243 Å². The molecule has 1 fully saturated rings. The van der Waals surface area contributed by atoms with E-state index in [1.165, 1.54) is 28.8 Å². The first-order valence-corrected chi connectivity index (χ1v) is 15.0. The van der Waals surface area contributed by atoms with Crippen LogP contribution in [0.15, 0.2) is 36.4 Å². The second-order valence-electron chi connectivity index (χ2n) is 11.7. The van der Waals surface area contributed by atoms with Crippen LogP contribution in [0.25, 0.3) is 5.69 Å². The van der Waals surface area contributed by atoms with Crippen molar-refractivity contribution in [3.63, 3.8) is 0 Å². The molecule has 1 saturated heterocycles. The standard InChI is InChI=1S/C31H36F2N4O3S/c1-18-8-6-10-24(19(18)2)37-30-27(29(35-37)31(3,4)5)28(22-12-11-20(32)14-23(22)33)41-17-26(39)36(30)16-25(38)34-15-21-9-7-13-40-21/h6,8,10-12,14,21,28H,7,9,13,15-17H2,1-5H3,(H,34,38)/t21-,28-/m0/s1. The number of nitrogens with one attached hydrogen (secondary N) is 1. The number of hydrogen-bond donors (Lipinski definition) is 1. The molecule has 41 heavy (non-hydrogen) atoms. The molecule has 10 heteroatoms. The summed E-state index contributed by atoms with van der Waals surface area (Å²) in [5, 5.41) is 7.33. The maximum absolute atomic E-state index is 15.3. The van der Waals surface area contributed by atoms with Gasteiger partial charge in [-0.3, -0.25) is 14.5 Å². The number of anilines is 1. The molecule has 218 valence electrons. The number of aryl methyl sites for hydroxylation is 1. The van der Waals surface area contributed by atoms with Gasteiger partial charge in [0.25, 0.3) is 0 Å². The summed E-state index contributed by atoms with van der Waals surface area (Å²) >= 11 is 1.26. The minimum absolute atomic E-state index is 0.00552. The number of carbonyl (C=O) groups excluding carboxylic acids is 2. The van der Waals surface area contributed by atoms with Crippen LogP contribution in [0.1, 0.15) is 66.8 Å². The van der Waals surface area contributed by atoms with E-state index in [-0.39, 0.29) is 35.8 Å². The van der Waals surface area contributed by atoms with E-state index in [2.05, 4.69) is 5.32 Å². The van der Waals surface area contributed by atoms with Crippen molar-refractivity contribution in [2.75, 3.05) is 30.3 Å². The fourth-order valence-electron chi connectivity index (χ4n) is 5.40. The molecule has 1 N–H and O–H groups in total. The molecule has 0 saturated carbocycles. The molecule has 2 amide bonds. The molecule has 5 rings (SSSR count). The highest BCUT2D eigenvalue weighted by atomic mass is 32.2. The first-order chi connectivity index (χ1) is 19.5. The first-order valence-electron chi connectivity index (χ1n) is 13.9. The zero-order valence-electron chi connectivity index (χ0n) is 24.1. The van der Waals surface area contributed by atoms with Crippen molar-refractivity contribution >= 4 is 29.4 Å². The van der Waals surface area contributed by atoms with E-state index >= 15 is 4.39 Å². The second-order valence-corrected chi connectivity index (χ2v) is 12.8. The normalized spacial score (nSPS) is 19.3. The molecule has 2 aliphatic heterocycles. The second kappa shape index (κ2) is 11.6. The molecule has 1 aromatic heterocycles. The van der Waals surface area contributed by atoms with Gasteiger partial charge < -0.3 is 10.1 Å². The fourth-order valence-corrected chi connectivity index (χ4v) is 6.62. The lowest BCUT2D eigenvalue weighted by Gasteiger charge is -2.25. The van der Waals surface area contributed by atoms with Crippen molar-refractivity contribution in [3.8, 4) is 5.69 Å². The minimum atomic E-state index is -0.692. The first kappa shape index (κ1) is 29.3. The van der Waals surface area contributed by atoms with Gasteiger partial charge in [0.15, 0.2) is 0 Å². The van der Waals surface area contributed by atoms with Crippen LogP contribution in [0.2, 0.25) is 0 Å². The molecule has 0 unspecified atom stereocenters. The van der Waals surface area contributed by atoms with E-state index in [0.29, 0.717) is 30.2 Å². The minimum Gasteiger partial charge on any atom is -0.376 e. The third-order valence-electron chi connectivity index (χ3n) is 7.70. The Kier molecular flexibility index (Phi) is 8.25. The molecule has 0 spiro atoms. The summed E-state index contributed by atoms with van der Waals surface area (Å²) in [6.07, 6.45) is 1.80. The van der Waals surface area contributed by atoms with Gasteiger partial charge in [0.05, 0.1) is 28.5 Å². The highest BCUT2D eigenvalue weighted by Crippen LogP contribution is 2.49. The summed E-state index contributed by atoms with van der Waals surface area (Å²) in [7, 11) is 0. The van der Waals surface area contributed by atoms with Crippen molar-refractivity contribution in [2.24, 2.45) is 0 Å². The van der Waals surface area contributed by atoms with Crippen molar-refractivity contribution < 1.29 is 23.1 Å². The lowest BCUT2D eigenvalue weighted by molar-refractivity contribution is -0.123. The third kappa shape index (κ3) is 5.90. The highest BCUT2D eigenvalue weighted by molar-refractivity contribution is 8.00. The van der Waals surface area contributed by atoms with Crippen molar-refractivity contribution in [3.05, 3.63) is 76.0 Å². The summed E-state index contributed by atoms with van der Waals surface area (Å²) in [4.78, 5) is 28.5. The topological polar surface area (TPSA) is 76.5 Å². The SMILES string of the molecule is Cc1cccc(-n2nc(C(C)(C)C)c3c2N(CC(=O)NC[C@@H]2CCCO2)C(=O)CS[C@H]3c2ccc(F)cc2F)c1C. The van der Waals surface area contributed by atoms with Crippen LogP contribution in [-0.2, 0) is 19.7 Å². The van der Waals surface area contributed by atoms with Gasteiger partial charge in [0, 0.05) is 35.8 Å². The van der Waals surface area contributed by atoms with E-state index in [4.69, 9.17) is 9.84 Å². The van der Waals surface area contributed by atoms with E-state index in [9.17, 15) is 14.0 Å². The monoisotopic (exact) mass is 582 g/mol. The molecule has 0 bridgehead atoms. The van der Waals surface area contributed by atoms with Crippen LogP contribution in [0, 0.1) is 25.5 Å². The van der Waals surface area contributed by atoms with Gasteiger partial charge in [-0.05, 0) is 49.9 Å². The van der Waals surface area contributed by atoms with Crippen LogP contribution in [-0.4, -0.2) is 53.1 Å². The zero-order chi connectivity index (χ0) is 29.5. The number of fused-ring (bicyclic) bond motifs is 1. The fraction of sp³-hybridized carbons (Fsp3) is 0.452. The predicted molar refractivity (Wildman–Crippen MR) is 157 cm³/mol. The van der Waals surface area contributed by atoms with Crippen LogP contribution in [0.4, 0.5) is 14.6 Å². The van der Waals surface area contributed by atoms with Crippen LogP contribution >= 0.6 is 11.8 Å². The van der Waals surface area contributed by atoms with E-state index in [1.807, 2.05) is 52.8 Å². The molecular formula is C31H36F2N4O3S. The molecule has 3 aromatic rings. The van der Waals surface area contributed by atoms with Crippen molar-refractivity contribution in [1.82, 2.24) is 15.1 Å². The van der Waals surface area contributed by atoms with Gasteiger partial charge in [-0.2, -0.15) is 5.10 Å². The Morgan fingerprint density at radius 2 is 1.98 bits per heavy atom. The number of amides is 2. The third-order valence-corrected chi connectivity index (χ3v) is 8.94. The molecule has 0 radical (unpaired) electrons. The quantitative estimate of drug-likeness (QED) is 0.414. The van der Waals surface area contributed by atoms with Gasteiger partial charge >= 0.3 is 0 Å². The number of carbonyl (C=O) groups is 2.